The number of isothiocyanates is 1. The number of rotatable bonds is 3. The molecular formula is C9H15NS. The average Bonchev–Trinajstić information content (AvgIpc) is 2.50. The summed E-state index contributed by atoms with van der Waals surface area (Å²) >= 11 is 4.57. The molecule has 1 fully saturated rings. The van der Waals surface area contributed by atoms with Gasteiger partial charge >= 0.3 is 0 Å². The first-order valence-corrected chi connectivity index (χ1v) is 4.77. The molecule has 1 saturated carbocycles. The SMILES string of the molecule is CCC1(CN=C=S)CCCC1. The smallest absolute Gasteiger partial charge is 0.0585 e. The molecule has 1 rings (SSSR count). The van der Waals surface area contributed by atoms with Crippen LogP contribution in [0, 0.1) is 5.41 Å². The molecule has 0 bridgehead atoms. The molecule has 0 aromatic rings. The maximum atomic E-state index is 4.57. The lowest BCUT2D eigenvalue weighted by atomic mass is 9.84. The van der Waals surface area contributed by atoms with Crippen molar-refractivity contribution in [3.05, 3.63) is 0 Å². The average molecular weight is 169 g/mol. The van der Waals surface area contributed by atoms with E-state index in [1.54, 1.807) is 0 Å². The largest absolute Gasteiger partial charge is 0.232 e. The second kappa shape index (κ2) is 3.99. The molecule has 0 heterocycles. The van der Waals surface area contributed by atoms with Crippen LogP contribution < -0.4 is 0 Å². The first-order valence-electron chi connectivity index (χ1n) is 4.37. The van der Waals surface area contributed by atoms with Gasteiger partial charge in [0.1, 0.15) is 0 Å². The third-order valence-corrected chi connectivity index (χ3v) is 3.02. The Balaban J connectivity index is 2.51. The molecule has 0 atom stereocenters. The molecule has 1 aliphatic carbocycles. The van der Waals surface area contributed by atoms with Crippen LogP contribution in [-0.4, -0.2) is 11.7 Å². The van der Waals surface area contributed by atoms with Crippen molar-refractivity contribution in [2.45, 2.75) is 39.0 Å². The van der Waals surface area contributed by atoms with Gasteiger partial charge in [0.25, 0.3) is 0 Å². The van der Waals surface area contributed by atoms with Gasteiger partial charge in [-0.05, 0) is 36.9 Å². The molecule has 0 amide bonds. The Bertz CT molecular complexity index is 164. The van der Waals surface area contributed by atoms with E-state index >= 15 is 0 Å². The van der Waals surface area contributed by atoms with E-state index in [-0.39, 0.29) is 0 Å². The predicted octanol–water partition coefficient (Wildman–Crippen LogP) is 3.06. The lowest BCUT2D eigenvalue weighted by Gasteiger charge is -2.23. The van der Waals surface area contributed by atoms with Crippen molar-refractivity contribution >= 4 is 17.4 Å². The molecule has 0 radical (unpaired) electrons. The van der Waals surface area contributed by atoms with E-state index in [1.165, 1.54) is 32.1 Å². The second-order valence-electron chi connectivity index (χ2n) is 3.47. The standard InChI is InChI=1S/C9H15NS/c1-2-9(7-10-8-11)5-3-4-6-9/h2-7H2,1H3. The summed E-state index contributed by atoms with van der Waals surface area (Å²) in [6.45, 7) is 3.16. The van der Waals surface area contributed by atoms with Gasteiger partial charge in [-0.15, -0.1) is 0 Å². The second-order valence-corrected chi connectivity index (χ2v) is 3.65. The zero-order chi connectivity index (χ0) is 8.16. The van der Waals surface area contributed by atoms with Crippen LogP contribution in [0.1, 0.15) is 39.0 Å². The highest BCUT2D eigenvalue weighted by molar-refractivity contribution is 7.78. The third kappa shape index (κ3) is 2.11. The summed E-state index contributed by atoms with van der Waals surface area (Å²) in [6.07, 6.45) is 6.67. The minimum atomic E-state index is 0.492. The van der Waals surface area contributed by atoms with E-state index in [2.05, 4.69) is 29.3 Å². The fourth-order valence-electron chi connectivity index (χ4n) is 1.95. The number of hydrogen-bond acceptors (Lipinski definition) is 2. The molecule has 0 N–H and O–H groups in total. The van der Waals surface area contributed by atoms with E-state index in [0.29, 0.717) is 5.41 Å². The molecule has 0 aromatic heterocycles. The molecule has 11 heavy (non-hydrogen) atoms. The summed E-state index contributed by atoms with van der Waals surface area (Å²) in [7, 11) is 0. The lowest BCUT2D eigenvalue weighted by Crippen LogP contribution is -2.18. The summed E-state index contributed by atoms with van der Waals surface area (Å²) < 4.78 is 0. The van der Waals surface area contributed by atoms with Crippen molar-refractivity contribution in [2.24, 2.45) is 10.4 Å². The number of nitrogens with zero attached hydrogens (tertiary/aromatic N) is 1. The van der Waals surface area contributed by atoms with Gasteiger partial charge in [0.15, 0.2) is 0 Å². The molecule has 0 spiro atoms. The van der Waals surface area contributed by atoms with Gasteiger partial charge < -0.3 is 0 Å². The Labute approximate surface area is 73.9 Å². The van der Waals surface area contributed by atoms with Gasteiger partial charge in [-0.3, -0.25) is 0 Å². The predicted molar refractivity (Wildman–Crippen MR) is 51.1 cm³/mol. The zero-order valence-corrected chi connectivity index (χ0v) is 7.91. The fourth-order valence-corrected chi connectivity index (χ4v) is 2.01. The van der Waals surface area contributed by atoms with Crippen LogP contribution in [0.15, 0.2) is 4.99 Å². The van der Waals surface area contributed by atoms with Crippen molar-refractivity contribution in [3.8, 4) is 0 Å². The van der Waals surface area contributed by atoms with Crippen LogP contribution in [0.5, 0.6) is 0 Å². The highest BCUT2D eigenvalue weighted by atomic mass is 32.1. The minimum Gasteiger partial charge on any atom is -0.232 e. The number of hydrogen-bond donors (Lipinski definition) is 0. The Morgan fingerprint density at radius 1 is 1.45 bits per heavy atom. The van der Waals surface area contributed by atoms with Gasteiger partial charge in [-0.25, -0.2) is 4.99 Å². The van der Waals surface area contributed by atoms with Crippen molar-refractivity contribution in [1.29, 1.82) is 0 Å². The van der Waals surface area contributed by atoms with Crippen LogP contribution in [-0.2, 0) is 0 Å². The molecule has 0 unspecified atom stereocenters. The summed E-state index contributed by atoms with van der Waals surface area (Å²) in [6, 6.07) is 0. The maximum Gasteiger partial charge on any atom is 0.0585 e. The first-order chi connectivity index (χ1) is 5.33. The molecule has 0 aliphatic heterocycles. The highest BCUT2D eigenvalue weighted by Gasteiger charge is 2.31. The summed E-state index contributed by atoms with van der Waals surface area (Å²) in [5.74, 6) is 0. The van der Waals surface area contributed by atoms with Gasteiger partial charge in [0.2, 0.25) is 0 Å². The molecule has 1 nitrogen and oxygen atoms in total. The highest BCUT2D eigenvalue weighted by Crippen LogP contribution is 2.40. The summed E-state index contributed by atoms with van der Waals surface area (Å²) in [5, 5.41) is 2.46. The van der Waals surface area contributed by atoms with E-state index in [0.717, 1.165) is 6.54 Å². The lowest BCUT2D eigenvalue weighted by molar-refractivity contribution is 0.298. The molecule has 62 valence electrons. The number of aliphatic imine (C=N–C) groups is 1. The summed E-state index contributed by atoms with van der Waals surface area (Å²) in [4.78, 5) is 4.06. The van der Waals surface area contributed by atoms with Gasteiger partial charge in [-0.1, -0.05) is 19.8 Å². The van der Waals surface area contributed by atoms with Crippen molar-refractivity contribution in [1.82, 2.24) is 0 Å². The fraction of sp³-hybridized carbons (Fsp3) is 0.889. The van der Waals surface area contributed by atoms with Crippen LogP contribution in [0.2, 0.25) is 0 Å². The van der Waals surface area contributed by atoms with Gasteiger partial charge in [-0.2, -0.15) is 0 Å². The Morgan fingerprint density at radius 2 is 2.09 bits per heavy atom. The monoisotopic (exact) mass is 169 g/mol. The van der Waals surface area contributed by atoms with Crippen molar-refractivity contribution in [3.63, 3.8) is 0 Å². The quantitative estimate of drug-likeness (QED) is 0.467. The van der Waals surface area contributed by atoms with E-state index in [4.69, 9.17) is 0 Å². The normalized spacial score (nSPS) is 21.2. The Morgan fingerprint density at radius 3 is 2.55 bits per heavy atom. The molecule has 1 aliphatic rings. The molecular weight excluding hydrogens is 154 g/mol. The Kier molecular flexibility index (Phi) is 3.22. The van der Waals surface area contributed by atoms with Gasteiger partial charge in [0.05, 0.1) is 11.7 Å². The van der Waals surface area contributed by atoms with Crippen LogP contribution >= 0.6 is 12.2 Å². The van der Waals surface area contributed by atoms with Crippen molar-refractivity contribution < 1.29 is 0 Å². The van der Waals surface area contributed by atoms with E-state index in [1.807, 2.05) is 0 Å². The maximum absolute atomic E-state index is 4.57. The third-order valence-electron chi connectivity index (χ3n) is 2.89. The van der Waals surface area contributed by atoms with Crippen LogP contribution in [0.3, 0.4) is 0 Å². The molecule has 0 saturated heterocycles. The van der Waals surface area contributed by atoms with Crippen LogP contribution in [0.4, 0.5) is 0 Å². The minimum absolute atomic E-state index is 0.492. The molecule has 2 heteroatoms. The van der Waals surface area contributed by atoms with Gasteiger partial charge in [0, 0.05) is 0 Å². The molecule has 0 aromatic carbocycles. The van der Waals surface area contributed by atoms with Crippen LogP contribution in [0.25, 0.3) is 0 Å². The topological polar surface area (TPSA) is 12.4 Å². The van der Waals surface area contributed by atoms with E-state index in [9.17, 15) is 0 Å². The Hall–Kier alpha value is -0.200. The summed E-state index contributed by atoms with van der Waals surface area (Å²) in [5.41, 5.74) is 0.492. The first kappa shape index (κ1) is 8.89. The van der Waals surface area contributed by atoms with Crippen molar-refractivity contribution in [2.75, 3.05) is 6.54 Å². The van der Waals surface area contributed by atoms with E-state index < -0.39 is 0 Å². The zero-order valence-electron chi connectivity index (χ0n) is 7.10. The number of thiocarbonyl (C=S) groups is 1.